The molecule has 2 saturated heterocycles. The van der Waals surface area contributed by atoms with E-state index in [1.54, 1.807) is 18.3 Å². The average Bonchev–Trinajstić information content (AvgIpc) is 3.18. The van der Waals surface area contributed by atoms with Crippen LogP contribution in [0.4, 0.5) is 0 Å². The summed E-state index contributed by atoms with van der Waals surface area (Å²) in [6, 6.07) is 3.21. The Balaban J connectivity index is 1.73. The summed E-state index contributed by atoms with van der Waals surface area (Å²) < 4.78 is 26.8. The molecule has 2 atom stereocenters. The molecule has 6 nitrogen and oxygen atoms in total. The van der Waals surface area contributed by atoms with Gasteiger partial charge in [-0.05, 0) is 44.0 Å². The van der Waals surface area contributed by atoms with Gasteiger partial charge in [-0.15, -0.1) is 0 Å². The SMILES string of the molecule is O=S(=O)(c1cccnc1)N1C[C@@H](CN2CCCC2)[C@@H](CO)C1. The zero-order valence-electron chi connectivity index (χ0n) is 12.6. The van der Waals surface area contributed by atoms with Crippen molar-refractivity contribution in [2.24, 2.45) is 11.8 Å². The van der Waals surface area contributed by atoms with Crippen molar-refractivity contribution in [1.29, 1.82) is 0 Å². The van der Waals surface area contributed by atoms with E-state index in [9.17, 15) is 13.5 Å². The Morgan fingerprint density at radius 1 is 1.23 bits per heavy atom. The summed E-state index contributed by atoms with van der Waals surface area (Å²) in [6.45, 7) is 3.97. The number of likely N-dealkylation sites (tertiary alicyclic amines) is 1. The van der Waals surface area contributed by atoms with Crippen LogP contribution in [0.1, 0.15) is 12.8 Å². The van der Waals surface area contributed by atoms with Crippen LogP contribution in [-0.2, 0) is 10.0 Å². The molecule has 0 aromatic carbocycles. The predicted octanol–water partition coefficient (Wildman–Crippen LogP) is 0.406. The molecular formula is C15H23N3O3S. The Kier molecular flexibility index (Phi) is 4.77. The molecule has 3 rings (SSSR count). The van der Waals surface area contributed by atoms with Gasteiger partial charge in [0.1, 0.15) is 4.90 Å². The lowest BCUT2D eigenvalue weighted by Gasteiger charge is -2.23. The summed E-state index contributed by atoms with van der Waals surface area (Å²) in [7, 11) is -3.51. The quantitative estimate of drug-likeness (QED) is 0.849. The fourth-order valence-corrected chi connectivity index (χ4v) is 4.97. The van der Waals surface area contributed by atoms with Crippen molar-refractivity contribution in [1.82, 2.24) is 14.2 Å². The maximum atomic E-state index is 12.7. The molecule has 0 unspecified atom stereocenters. The summed E-state index contributed by atoms with van der Waals surface area (Å²) in [5.41, 5.74) is 0. The number of hydrogen-bond donors (Lipinski definition) is 1. The van der Waals surface area contributed by atoms with Crippen molar-refractivity contribution in [2.45, 2.75) is 17.7 Å². The van der Waals surface area contributed by atoms with E-state index in [1.165, 1.54) is 23.3 Å². The first-order chi connectivity index (χ1) is 10.6. The molecule has 0 amide bonds. The molecule has 0 spiro atoms. The summed E-state index contributed by atoms with van der Waals surface area (Å²) in [5.74, 6) is 0.224. The van der Waals surface area contributed by atoms with Crippen LogP contribution in [0.2, 0.25) is 0 Å². The zero-order chi connectivity index (χ0) is 15.6. The monoisotopic (exact) mass is 325 g/mol. The van der Waals surface area contributed by atoms with E-state index in [4.69, 9.17) is 0 Å². The van der Waals surface area contributed by atoms with Gasteiger partial charge in [0.2, 0.25) is 10.0 Å². The van der Waals surface area contributed by atoms with Crippen molar-refractivity contribution in [3.63, 3.8) is 0 Å². The van der Waals surface area contributed by atoms with Gasteiger partial charge in [0.05, 0.1) is 0 Å². The molecule has 0 radical (unpaired) electrons. The molecular weight excluding hydrogens is 302 g/mol. The Bertz CT molecular complexity index is 587. The highest BCUT2D eigenvalue weighted by Gasteiger charge is 2.39. The second kappa shape index (κ2) is 6.62. The molecule has 1 aromatic heterocycles. The van der Waals surface area contributed by atoms with Gasteiger partial charge >= 0.3 is 0 Å². The number of pyridine rings is 1. The molecule has 2 aliphatic rings. The number of aliphatic hydroxyl groups excluding tert-OH is 1. The van der Waals surface area contributed by atoms with Crippen molar-refractivity contribution in [2.75, 3.05) is 39.3 Å². The summed E-state index contributed by atoms with van der Waals surface area (Å²) in [6.07, 6.45) is 5.38. The highest BCUT2D eigenvalue weighted by Crippen LogP contribution is 2.29. The van der Waals surface area contributed by atoms with Gasteiger partial charge in [-0.2, -0.15) is 4.31 Å². The number of hydrogen-bond acceptors (Lipinski definition) is 5. The molecule has 22 heavy (non-hydrogen) atoms. The molecule has 1 N–H and O–H groups in total. The minimum absolute atomic E-state index is 0.0204. The minimum atomic E-state index is -3.51. The van der Waals surface area contributed by atoms with Gasteiger partial charge in [0.15, 0.2) is 0 Å². The van der Waals surface area contributed by atoms with E-state index < -0.39 is 10.0 Å². The van der Waals surface area contributed by atoms with Crippen LogP contribution in [-0.4, -0.2) is 67.0 Å². The largest absolute Gasteiger partial charge is 0.396 e. The van der Waals surface area contributed by atoms with E-state index in [2.05, 4.69) is 9.88 Å². The van der Waals surface area contributed by atoms with E-state index in [-0.39, 0.29) is 23.3 Å². The first-order valence-electron chi connectivity index (χ1n) is 7.84. The van der Waals surface area contributed by atoms with Crippen molar-refractivity contribution in [3.8, 4) is 0 Å². The smallest absolute Gasteiger partial charge is 0.244 e. The van der Waals surface area contributed by atoms with Gasteiger partial charge in [-0.3, -0.25) is 4.98 Å². The van der Waals surface area contributed by atoms with Crippen molar-refractivity contribution in [3.05, 3.63) is 24.5 Å². The first-order valence-corrected chi connectivity index (χ1v) is 9.28. The fourth-order valence-electron chi connectivity index (χ4n) is 3.45. The van der Waals surface area contributed by atoms with Crippen LogP contribution in [0.3, 0.4) is 0 Å². The van der Waals surface area contributed by atoms with Crippen molar-refractivity contribution < 1.29 is 13.5 Å². The Morgan fingerprint density at radius 3 is 2.59 bits per heavy atom. The highest BCUT2D eigenvalue weighted by molar-refractivity contribution is 7.89. The molecule has 0 saturated carbocycles. The minimum Gasteiger partial charge on any atom is -0.396 e. The number of aromatic nitrogens is 1. The van der Waals surface area contributed by atoms with Crippen LogP contribution < -0.4 is 0 Å². The van der Waals surface area contributed by atoms with E-state index in [0.29, 0.717) is 13.1 Å². The Labute approximate surface area is 131 Å². The van der Waals surface area contributed by atoms with Gasteiger partial charge in [0.25, 0.3) is 0 Å². The first kappa shape index (κ1) is 15.9. The van der Waals surface area contributed by atoms with Crippen LogP contribution >= 0.6 is 0 Å². The summed E-state index contributed by atoms with van der Waals surface area (Å²) in [4.78, 5) is 6.51. The predicted molar refractivity (Wildman–Crippen MR) is 82.7 cm³/mol. The second-order valence-corrected chi connectivity index (χ2v) is 8.16. The Morgan fingerprint density at radius 2 is 1.95 bits per heavy atom. The fraction of sp³-hybridized carbons (Fsp3) is 0.667. The molecule has 0 aliphatic carbocycles. The van der Waals surface area contributed by atoms with Crippen LogP contribution in [0.5, 0.6) is 0 Å². The summed E-state index contributed by atoms with van der Waals surface area (Å²) in [5, 5.41) is 9.61. The molecule has 7 heteroatoms. The lowest BCUT2D eigenvalue weighted by Crippen LogP contribution is -2.32. The lowest BCUT2D eigenvalue weighted by atomic mass is 9.96. The molecule has 0 bridgehead atoms. The van der Waals surface area contributed by atoms with E-state index in [1.807, 2.05) is 0 Å². The zero-order valence-corrected chi connectivity index (χ0v) is 13.5. The normalized spacial score (nSPS) is 27.5. The van der Waals surface area contributed by atoms with Gasteiger partial charge < -0.3 is 10.0 Å². The number of aliphatic hydroxyl groups is 1. The van der Waals surface area contributed by atoms with Crippen molar-refractivity contribution >= 4 is 10.0 Å². The maximum Gasteiger partial charge on any atom is 0.244 e. The summed E-state index contributed by atoms with van der Waals surface area (Å²) >= 11 is 0. The maximum absolute atomic E-state index is 12.7. The second-order valence-electron chi connectivity index (χ2n) is 6.22. The molecule has 122 valence electrons. The van der Waals surface area contributed by atoms with E-state index in [0.717, 1.165) is 19.6 Å². The van der Waals surface area contributed by atoms with E-state index >= 15 is 0 Å². The lowest BCUT2D eigenvalue weighted by molar-refractivity contribution is 0.176. The molecule has 1 aromatic rings. The molecule has 3 heterocycles. The highest BCUT2D eigenvalue weighted by atomic mass is 32.2. The van der Waals surface area contributed by atoms with Gasteiger partial charge in [-0.1, -0.05) is 0 Å². The van der Waals surface area contributed by atoms with Crippen LogP contribution in [0.25, 0.3) is 0 Å². The van der Waals surface area contributed by atoms with Crippen LogP contribution in [0, 0.1) is 11.8 Å². The molecule has 2 aliphatic heterocycles. The number of sulfonamides is 1. The van der Waals surface area contributed by atoms with Gasteiger partial charge in [-0.25, -0.2) is 8.42 Å². The number of nitrogens with zero attached hydrogens (tertiary/aromatic N) is 3. The number of rotatable bonds is 5. The van der Waals surface area contributed by atoms with Gasteiger partial charge in [0, 0.05) is 44.6 Å². The Hall–Kier alpha value is -1.02. The van der Waals surface area contributed by atoms with Crippen LogP contribution in [0.15, 0.2) is 29.4 Å². The third-order valence-corrected chi connectivity index (χ3v) is 6.56. The average molecular weight is 325 g/mol. The third kappa shape index (κ3) is 3.17. The standard InChI is InChI=1S/C15H23N3O3S/c19-12-14-11-18(10-13(14)9-17-6-1-2-7-17)22(20,21)15-4-3-5-16-8-15/h3-5,8,13-14,19H,1-2,6-7,9-12H2/t13-,14-/m1/s1. The molecule has 2 fully saturated rings. The topological polar surface area (TPSA) is 73.7 Å². The third-order valence-electron chi connectivity index (χ3n) is 4.74.